The van der Waals surface area contributed by atoms with E-state index in [9.17, 15) is 54.0 Å². The zero-order valence-electron chi connectivity index (χ0n) is 51.6. The van der Waals surface area contributed by atoms with Gasteiger partial charge < -0.3 is 66.7 Å². The van der Waals surface area contributed by atoms with Gasteiger partial charge in [0.2, 0.25) is 15.4 Å². The maximum absolute atomic E-state index is 14.1. The molecule has 1 saturated heterocycles. The molecule has 6 aliphatic heterocycles. The van der Waals surface area contributed by atoms with Gasteiger partial charge in [-0.15, -0.1) is 5.06 Å². The molecule has 3 aromatic carbocycles. The number of fused-ring (bicyclic) bond motifs is 4. The second-order valence-electron chi connectivity index (χ2n) is 23.2. The van der Waals surface area contributed by atoms with Crippen LogP contribution in [-0.2, 0) is 110 Å². The highest BCUT2D eigenvalue weighted by Crippen LogP contribution is 2.53. The minimum absolute atomic E-state index is 0.0285. The number of anilines is 1. The van der Waals surface area contributed by atoms with Crippen LogP contribution in [0.1, 0.15) is 93.2 Å². The Labute approximate surface area is 538 Å². The smallest absolute Gasteiger partial charge is 0.335 e. The molecule has 0 radical (unpaired) electrons. The van der Waals surface area contributed by atoms with Gasteiger partial charge in [0, 0.05) is 97.0 Å². The second-order valence-corrected chi connectivity index (χ2v) is 28.4. The summed E-state index contributed by atoms with van der Waals surface area (Å²) in [5.41, 5.74) is 3.86. The molecule has 9 rings (SSSR count). The number of hydrogen-bond acceptors (Lipinski definition) is 26. The third-order valence-corrected chi connectivity index (χ3v) is 19.6. The van der Waals surface area contributed by atoms with Crippen molar-refractivity contribution in [2.24, 2.45) is 0 Å². The van der Waals surface area contributed by atoms with Gasteiger partial charge in [0.15, 0.2) is 5.54 Å². The summed E-state index contributed by atoms with van der Waals surface area (Å²) in [6, 6.07) is 6.22. The Balaban J connectivity index is 0.752. The minimum atomic E-state index is -5.51. The van der Waals surface area contributed by atoms with Gasteiger partial charge in [0.05, 0.1) is 150 Å². The molecule has 0 aromatic heterocycles. The fourth-order valence-corrected chi connectivity index (χ4v) is 14.9. The zero-order chi connectivity index (χ0) is 65.8. The highest BCUT2D eigenvalue weighted by Gasteiger charge is 2.44. The average molecular weight is 1370 g/mol. The summed E-state index contributed by atoms with van der Waals surface area (Å²) in [5, 5.41) is 16.2. The number of nitrogens with zero attached hydrogens (tertiary/aromatic N) is 3. The van der Waals surface area contributed by atoms with Crippen molar-refractivity contribution in [3.8, 4) is 11.5 Å². The van der Waals surface area contributed by atoms with E-state index >= 15 is 0 Å². The lowest BCUT2D eigenvalue weighted by atomic mass is 9.79. The number of imide groups is 1. The summed E-state index contributed by atoms with van der Waals surface area (Å²) in [6.07, 6.45) is 6.23. The van der Waals surface area contributed by atoms with Gasteiger partial charge in [0.25, 0.3) is 11.8 Å². The molecular weight excluding hydrogens is 1290 g/mol. The van der Waals surface area contributed by atoms with Gasteiger partial charge in [-0.25, -0.2) is 39.3 Å². The van der Waals surface area contributed by atoms with Gasteiger partial charge in [-0.2, -0.15) is 4.33 Å². The monoisotopic (exact) mass is 1360 g/mol. The van der Waals surface area contributed by atoms with Crippen molar-refractivity contribution in [3.05, 3.63) is 86.4 Å². The number of carbonyl (C=O) groups excluding carboxylic acids is 3. The molecule has 92 heavy (non-hydrogen) atoms. The van der Waals surface area contributed by atoms with Crippen LogP contribution >= 0.6 is 12.0 Å². The fraction of sp³-hybridized carbons (Fsp3) is 0.567. The van der Waals surface area contributed by atoms with E-state index in [0.29, 0.717) is 155 Å². The number of hydroxylamine groups is 2. The van der Waals surface area contributed by atoms with Gasteiger partial charge in [-0.1, -0.05) is 12.1 Å². The first kappa shape index (κ1) is 71.0. The third-order valence-electron chi connectivity index (χ3n) is 16.0. The predicted molar refractivity (Wildman–Crippen MR) is 325 cm³/mol. The lowest BCUT2D eigenvalue weighted by Crippen LogP contribution is -2.54. The van der Waals surface area contributed by atoms with Crippen LogP contribution in [0.3, 0.4) is 0 Å². The number of benzene rings is 3. The summed E-state index contributed by atoms with van der Waals surface area (Å²) in [5.74, 6) is -1.38. The van der Waals surface area contributed by atoms with Crippen LogP contribution in [-0.4, -0.2) is 205 Å². The molecule has 1 fully saturated rings. The van der Waals surface area contributed by atoms with E-state index in [1.807, 2.05) is 32.1 Å². The maximum atomic E-state index is 14.1. The molecule has 3 aromatic rings. The van der Waals surface area contributed by atoms with E-state index in [-0.39, 0.29) is 82.3 Å². The Hall–Kier alpha value is -5.34. The van der Waals surface area contributed by atoms with Crippen LogP contribution in [0.15, 0.2) is 52.3 Å². The topological polar surface area (TPSA) is 355 Å². The van der Waals surface area contributed by atoms with Crippen LogP contribution in [0.5, 0.6) is 11.5 Å². The molecule has 0 aliphatic carbocycles. The summed E-state index contributed by atoms with van der Waals surface area (Å²) >= 11 is 0.772. The van der Waals surface area contributed by atoms with Gasteiger partial charge in [-0.3, -0.25) is 14.6 Å². The number of hydrogen-bond donors (Lipinski definition) is 1. The molecule has 1 N–H and O–H groups in total. The highest BCUT2D eigenvalue weighted by atomic mass is 32.2. The van der Waals surface area contributed by atoms with Crippen LogP contribution < -0.4 is 34.8 Å². The fourth-order valence-electron chi connectivity index (χ4n) is 12.0. The van der Waals surface area contributed by atoms with E-state index in [2.05, 4.69) is 33.1 Å². The third kappa shape index (κ3) is 17.6. The van der Waals surface area contributed by atoms with Crippen molar-refractivity contribution in [1.82, 2.24) is 14.4 Å². The molecule has 6 heterocycles. The first-order valence-corrected chi connectivity index (χ1v) is 35.5. The standard InChI is InChI=1S/C60H78N4O24S4/c1-59(2)36-40(38-89-88-87-68)46-34-48-54(43-10-9-42(91(71,72)73)33-50(43)92(74,75)76)49-35-47-41(37-60(3,4)63-16-6-8-45(56(47)63)58(49)85-57(48)44-7-5-15-62(59)55(44)46)39-90(69,70)61-14-18-78-20-22-80-24-26-82-28-30-84-32-31-83-29-27-81-25-23-79-21-19-77-17-13-53(67)86-64-51(65)11-12-52(64)66/h9-10,33-37,61H,5-8,11-32,38-39H2,1-4H3,(H2-,68,71,72,73,74,75,76)/p-2. The molecule has 0 saturated carbocycles. The number of carbonyl (C=O) groups is 3. The van der Waals surface area contributed by atoms with E-state index in [1.165, 1.54) is 0 Å². The quantitative estimate of drug-likeness (QED) is 0.0126. The molecule has 0 atom stereocenters. The molecule has 2 amide bonds. The van der Waals surface area contributed by atoms with Crippen molar-refractivity contribution in [1.29, 1.82) is 0 Å². The minimum Gasteiger partial charge on any atom is -0.744 e. The number of sulfonamides is 1. The molecule has 0 spiro atoms. The first-order chi connectivity index (χ1) is 43.9. The summed E-state index contributed by atoms with van der Waals surface area (Å²) in [4.78, 5) is 39.9. The molecule has 0 bridgehead atoms. The molecule has 6 aliphatic rings. The summed E-state index contributed by atoms with van der Waals surface area (Å²) in [7, 11) is -14.8. The number of nitrogens with one attached hydrogen (secondary N) is 1. The Morgan fingerprint density at radius 1 is 0.652 bits per heavy atom. The summed E-state index contributed by atoms with van der Waals surface area (Å²) in [6.45, 7) is 13.8. The van der Waals surface area contributed by atoms with E-state index < -0.39 is 74.7 Å². The Morgan fingerprint density at radius 2 is 1.23 bits per heavy atom. The molecule has 506 valence electrons. The Bertz CT molecular complexity index is 3770. The normalized spacial score (nSPS) is 17.2. The van der Waals surface area contributed by atoms with Crippen molar-refractivity contribution in [2.75, 3.05) is 142 Å². The van der Waals surface area contributed by atoms with Crippen molar-refractivity contribution >= 4 is 82.5 Å². The van der Waals surface area contributed by atoms with Gasteiger partial charge in [0.1, 0.15) is 38.3 Å². The lowest BCUT2D eigenvalue weighted by Gasteiger charge is -2.47. The number of rotatable bonds is 38. The average Bonchev–Trinajstić information content (AvgIpc) is 0.722. The van der Waals surface area contributed by atoms with Crippen LogP contribution in [0.4, 0.5) is 5.69 Å². The molecular formula is C60H76N4O24S4-2. The lowest BCUT2D eigenvalue weighted by molar-refractivity contribution is -0.777. The number of ether oxygens (including phenoxy) is 9. The zero-order valence-corrected chi connectivity index (χ0v) is 54.9. The van der Waals surface area contributed by atoms with Crippen LogP contribution in [0, 0.1) is 0 Å². The summed E-state index contributed by atoms with van der Waals surface area (Å²) < 4.78 is 166. The molecule has 28 nitrogen and oxygen atoms in total. The molecule has 0 unspecified atom stereocenters. The Morgan fingerprint density at radius 3 is 1.80 bits per heavy atom. The van der Waals surface area contributed by atoms with Crippen molar-refractivity contribution < 1.29 is 111 Å². The van der Waals surface area contributed by atoms with Crippen molar-refractivity contribution in [3.63, 3.8) is 0 Å². The Kier molecular flexibility index (Phi) is 24.3. The van der Waals surface area contributed by atoms with E-state index in [4.69, 9.17) is 51.8 Å². The van der Waals surface area contributed by atoms with Gasteiger partial charge in [-0.05, 0) is 74.6 Å². The van der Waals surface area contributed by atoms with Crippen LogP contribution in [0.2, 0.25) is 0 Å². The SMILES string of the molecule is CC1(C)C=C(CSOO[O-])c2cc3c(c4c2N1CCC4)Oc1c2c4c(cc1=C3c1ccc(S(=O)(=O)[O-])cc1S(=O)(=O)[O-])C(CS(=O)(=O)NCCOCCOCCOCCOCCOCCOCCOCCOCCC(=O)ON1C(=O)CCC1=O)=CC(C)(C)[N+]=4CCC2. The van der Waals surface area contributed by atoms with Crippen molar-refractivity contribution in [2.45, 2.75) is 93.5 Å². The molecule has 32 heteroatoms. The van der Waals surface area contributed by atoms with E-state index in [0.717, 1.165) is 51.9 Å². The van der Waals surface area contributed by atoms with Gasteiger partial charge >= 0.3 is 5.97 Å². The van der Waals surface area contributed by atoms with Crippen LogP contribution in [0.25, 0.3) is 16.7 Å². The number of amides is 2. The largest absolute Gasteiger partial charge is 0.744 e. The van der Waals surface area contributed by atoms with E-state index in [1.54, 1.807) is 6.07 Å². The maximum Gasteiger partial charge on any atom is 0.335 e. The predicted octanol–water partition coefficient (Wildman–Crippen LogP) is 1.31. The first-order valence-electron chi connectivity index (χ1n) is 30.1. The highest BCUT2D eigenvalue weighted by molar-refractivity contribution is 7.95. The second kappa shape index (κ2) is 31.5.